The van der Waals surface area contributed by atoms with E-state index in [1.54, 1.807) is 19.3 Å². The number of aliphatic hydroxyl groups is 2. The van der Waals surface area contributed by atoms with Crippen LogP contribution >= 0.6 is 11.8 Å². The van der Waals surface area contributed by atoms with Crippen molar-refractivity contribution in [1.82, 2.24) is 4.98 Å². The Balaban J connectivity index is 1.63. The molecular weight excluding hydrogens is 576 g/mol. The lowest BCUT2D eigenvalue weighted by Crippen LogP contribution is -2.64. The molecule has 44 heavy (non-hydrogen) atoms. The van der Waals surface area contributed by atoms with Crippen LogP contribution in [0, 0.1) is 17.8 Å². The van der Waals surface area contributed by atoms with Gasteiger partial charge in [0.15, 0.2) is 0 Å². The summed E-state index contributed by atoms with van der Waals surface area (Å²) in [6.07, 6.45) is 14.4. The van der Waals surface area contributed by atoms with Crippen LogP contribution in [-0.2, 0) is 16.0 Å². The summed E-state index contributed by atoms with van der Waals surface area (Å²) in [7, 11) is 1.59. The van der Waals surface area contributed by atoms with Crippen LogP contribution in [0.25, 0.3) is 0 Å². The molecule has 238 valence electrons. The Kier molecular flexibility index (Phi) is 11.4. The highest BCUT2D eigenvalue weighted by Crippen LogP contribution is 2.62. The Morgan fingerprint density at radius 3 is 2.61 bits per heavy atom. The van der Waals surface area contributed by atoms with Gasteiger partial charge in [0.05, 0.1) is 23.5 Å². The molecule has 8 nitrogen and oxygen atoms in total. The molecule has 3 N–H and O–H groups in total. The predicted molar refractivity (Wildman–Crippen MR) is 174 cm³/mol. The number of unbranched alkanes of at least 4 members (excludes halogenated alkanes) is 2. The number of thioether (sulfide) groups is 1. The zero-order valence-electron chi connectivity index (χ0n) is 25.6. The molecular formula is C35H46N2O6S. The number of ether oxygens (including phenoxy) is 2. The zero-order valence-corrected chi connectivity index (χ0v) is 26.5. The maximum atomic E-state index is 10.7. The summed E-state index contributed by atoms with van der Waals surface area (Å²) in [6, 6.07) is 9.52. The summed E-state index contributed by atoms with van der Waals surface area (Å²) in [5.74, 6) is 1.05. The summed E-state index contributed by atoms with van der Waals surface area (Å²) in [4.78, 5) is 9.61. The molecule has 1 aliphatic heterocycles. The number of benzene rings is 1. The van der Waals surface area contributed by atoms with E-state index in [-0.39, 0.29) is 47.9 Å². The third kappa shape index (κ3) is 6.86. The van der Waals surface area contributed by atoms with Gasteiger partial charge in [0.1, 0.15) is 18.6 Å². The van der Waals surface area contributed by atoms with Gasteiger partial charge >= 0.3 is 0 Å². The van der Waals surface area contributed by atoms with Gasteiger partial charge in [-0.3, -0.25) is 4.98 Å². The van der Waals surface area contributed by atoms with Gasteiger partial charge in [-0.25, -0.2) is 0 Å². The summed E-state index contributed by atoms with van der Waals surface area (Å²) in [5.41, 5.74) is 4.22. The number of phenolic OH excluding ortho intramolecular Hbond substituents is 1. The van der Waals surface area contributed by atoms with Crippen LogP contribution in [0.5, 0.6) is 11.5 Å². The molecule has 2 aromatic rings. The molecule has 0 amide bonds. The number of aryl methyl sites for hydroxylation is 1. The van der Waals surface area contributed by atoms with Crippen molar-refractivity contribution in [3.05, 3.63) is 78.2 Å². The van der Waals surface area contributed by atoms with E-state index in [1.807, 2.05) is 36.3 Å². The highest BCUT2D eigenvalue weighted by atomic mass is 32.2. The van der Waals surface area contributed by atoms with E-state index in [4.69, 9.17) is 14.3 Å². The fraction of sp³-hybridized carbons (Fsp3) is 0.543. The van der Waals surface area contributed by atoms with E-state index in [0.717, 1.165) is 73.3 Å². The average Bonchev–Trinajstić information content (AvgIpc) is 3.03. The van der Waals surface area contributed by atoms with Crippen LogP contribution in [0.15, 0.2) is 72.2 Å². The molecule has 1 aromatic heterocycles. The minimum atomic E-state index is -0.990. The van der Waals surface area contributed by atoms with Gasteiger partial charge in [-0.1, -0.05) is 30.1 Å². The van der Waals surface area contributed by atoms with Gasteiger partial charge in [0.25, 0.3) is 0 Å². The van der Waals surface area contributed by atoms with Crippen molar-refractivity contribution in [2.45, 2.75) is 68.3 Å². The third-order valence-electron chi connectivity index (χ3n) is 9.29. The number of fused-ring (bicyclic) bond motifs is 2. The maximum absolute atomic E-state index is 10.7. The Labute approximate surface area is 265 Å². The third-order valence-corrected chi connectivity index (χ3v) is 10.6. The molecule has 1 fully saturated rings. The van der Waals surface area contributed by atoms with Crippen molar-refractivity contribution in [3.8, 4) is 11.5 Å². The number of phenols is 1. The minimum absolute atomic E-state index is 0.0147. The quantitative estimate of drug-likeness (QED) is 0.118. The average molecular weight is 623 g/mol. The molecule has 6 atom stereocenters. The van der Waals surface area contributed by atoms with Gasteiger partial charge in [0, 0.05) is 43.5 Å². The van der Waals surface area contributed by atoms with Gasteiger partial charge in [-0.15, -0.1) is 6.58 Å². The first-order valence-electron chi connectivity index (χ1n) is 15.9. The van der Waals surface area contributed by atoms with E-state index in [1.165, 1.54) is 5.56 Å². The smallest absolute Gasteiger partial charge is 0.230 e. The molecule has 0 radical (unpaired) electrons. The lowest BCUT2D eigenvalue weighted by molar-refractivity contribution is -0.223. The van der Waals surface area contributed by atoms with Crippen LogP contribution in [-0.4, -0.2) is 69.7 Å². The second kappa shape index (κ2) is 15.4. The first-order valence-corrected chi connectivity index (χ1v) is 16.9. The molecule has 2 heterocycles. The number of aromatic nitrogens is 1. The first-order chi connectivity index (χ1) is 21.6. The van der Waals surface area contributed by atoms with Gasteiger partial charge in [-0.2, -0.15) is 11.8 Å². The molecule has 0 saturated heterocycles. The Morgan fingerprint density at radius 2 is 1.89 bits per heavy atom. The van der Waals surface area contributed by atoms with Crippen molar-refractivity contribution in [2.24, 2.45) is 22.9 Å². The lowest BCUT2D eigenvalue weighted by atomic mass is 9.56. The number of nitrogens with zero attached hydrogens (tertiary/aromatic N) is 2. The number of oxime groups is 1. The molecule has 9 heteroatoms. The first kappa shape index (κ1) is 32.5. The normalized spacial score (nSPS) is 28.0. The van der Waals surface area contributed by atoms with Crippen molar-refractivity contribution >= 4 is 17.5 Å². The SMILES string of the molecule is C=CCO[C@@]12Oc3ccc(O)cc3[C@H]3[C@H](CCCCO)[C@@H](CCCCO)C=C(C(=NOC)C[C@@H]1SCCc1ccncc1)[C@H]32. The van der Waals surface area contributed by atoms with Crippen LogP contribution in [0.1, 0.15) is 62.0 Å². The van der Waals surface area contributed by atoms with Crippen LogP contribution in [0.2, 0.25) is 0 Å². The number of aliphatic hydroxyl groups excluding tert-OH is 2. The highest BCUT2D eigenvalue weighted by Gasteiger charge is 2.63. The number of hydrogen-bond acceptors (Lipinski definition) is 9. The van der Waals surface area contributed by atoms with Gasteiger partial charge in [-0.05, 0) is 91.2 Å². The second-order valence-corrected chi connectivity index (χ2v) is 13.2. The van der Waals surface area contributed by atoms with Crippen molar-refractivity contribution in [2.75, 3.05) is 32.7 Å². The monoisotopic (exact) mass is 622 g/mol. The fourth-order valence-electron chi connectivity index (χ4n) is 7.46. The minimum Gasteiger partial charge on any atom is -0.508 e. The van der Waals surface area contributed by atoms with E-state index in [0.29, 0.717) is 13.0 Å². The maximum Gasteiger partial charge on any atom is 0.230 e. The number of pyridine rings is 1. The van der Waals surface area contributed by atoms with Gasteiger partial charge in [0.2, 0.25) is 5.79 Å². The van der Waals surface area contributed by atoms with Crippen LogP contribution in [0.3, 0.4) is 0 Å². The Bertz CT molecular complexity index is 1300. The largest absolute Gasteiger partial charge is 0.508 e. The summed E-state index contributed by atoms with van der Waals surface area (Å²) in [5, 5.41) is 34.5. The molecule has 2 aliphatic carbocycles. The van der Waals surface area contributed by atoms with Crippen LogP contribution < -0.4 is 4.74 Å². The van der Waals surface area contributed by atoms with Crippen molar-refractivity contribution < 1.29 is 29.6 Å². The number of aromatic hydroxyl groups is 1. The van der Waals surface area contributed by atoms with E-state index < -0.39 is 5.79 Å². The molecule has 1 saturated carbocycles. The molecule has 0 unspecified atom stereocenters. The number of hydrogen-bond donors (Lipinski definition) is 3. The molecule has 3 aliphatic rings. The van der Waals surface area contributed by atoms with Crippen molar-refractivity contribution in [1.29, 1.82) is 0 Å². The second-order valence-electron chi connectivity index (χ2n) is 11.9. The summed E-state index contributed by atoms with van der Waals surface area (Å²) >= 11 is 1.84. The van der Waals surface area contributed by atoms with Crippen LogP contribution in [0.4, 0.5) is 0 Å². The van der Waals surface area contributed by atoms with Gasteiger partial charge < -0.3 is 29.6 Å². The summed E-state index contributed by atoms with van der Waals surface area (Å²) in [6.45, 7) is 4.63. The lowest BCUT2D eigenvalue weighted by Gasteiger charge is -2.58. The van der Waals surface area contributed by atoms with E-state index >= 15 is 0 Å². The number of rotatable bonds is 16. The van der Waals surface area contributed by atoms with E-state index in [2.05, 4.69) is 34.9 Å². The topological polar surface area (TPSA) is 114 Å². The highest BCUT2D eigenvalue weighted by molar-refractivity contribution is 8.00. The molecule has 0 bridgehead atoms. The molecule has 5 rings (SSSR count). The number of allylic oxidation sites excluding steroid dienone is 1. The Hall–Kier alpha value is -2.85. The van der Waals surface area contributed by atoms with Crippen molar-refractivity contribution in [3.63, 3.8) is 0 Å². The molecule has 0 spiro atoms. The Morgan fingerprint density at radius 1 is 1.11 bits per heavy atom. The standard InChI is InChI=1S/C35H46N2O6S/c1-3-19-42-35-32(44-20-14-24-12-15-36-16-13-24)23-30(37-41-2)28-21-25(8-4-6-17-38)27(9-5-7-18-39)33(34(28)35)29-22-26(40)10-11-31(29)43-35/h3,10-13,15-16,21-22,25,27,32-34,38-40H,1,4-9,14,17-20,23H2,2H3/t25-,27+,32-,33+,34+,35+/m0/s1. The predicted octanol–water partition coefficient (Wildman–Crippen LogP) is 6.03. The fourth-order valence-corrected chi connectivity index (χ4v) is 8.87. The van der Waals surface area contributed by atoms with E-state index in [9.17, 15) is 15.3 Å². The molecule has 1 aromatic carbocycles. The summed E-state index contributed by atoms with van der Waals surface area (Å²) < 4.78 is 13.9. The zero-order chi connectivity index (χ0) is 30.9.